The fourth-order valence-corrected chi connectivity index (χ4v) is 5.30. The molecule has 0 saturated carbocycles. The number of alkyl carbamates (subject to hydrolysis) is 1. The van der Waals surface area contributed by atoms with Crippen molar-refractivity contribution in [3.63, 3.8) is 0 Å². The molecule has 0 unspecified atom stereocenters. The van der Waals surface area contributed by atoms with E-state index >= 15 is 0 Å². The number of carbonyl (C=O) groups excluding carboxylic acids is 2. The topological polar surface area (TPSA) is 239 Å². The lowest BCUT2D eigenvalue weighted by Crippen LogP contribution is -2.65. The van der Waals surface area contributed by atoms with E-state index < -0.39 is 42.8 Å². The first-order valence-electron chi connectivity index (χ1n) is 18.8. The van der Waals surface area contributed by atoms with Crippen molar-refractivity contribution in [2.45, 2.75) is 88.6 Å². The molecule has 294 valence electrons. The van der Waals surface area contributed by atoms with Crippen LogP contribution in [0.15, 0.2) is 30.3 Å². The van der Waals surface area contributed by atoms with Gasteiger partial charge in [-0.1, -0.05) is 30.3 Å². The smallest absolute Gasteiger partial charge is 0.407 e. The van der Waals surface area contributed by atoms with E-state index in [0.29, 0.717) is 32.6 Å². The van der Waals surface area contributed by atoms with Gasteiger partial charge in [0.2, 0.25) is 0 Å². The van der Waals surface area contributed by atoms with Gasteiger partial charge in [-0.3, -0.25) is 0 Å². The highest BCUT2D eigenvalue weighted by Crippen LogP contribution is 2.24. The first kappa shape index (κ1) is 44.5. The molecule has 1 aromatic carbocycles. The highest BCUT2D eigenvalue weighted by atomic mass is 16.7. The zero-order valence-corrected chi connectivity index (χ0v) is 30.4. The number of hydrogen-bond acceptors (Lipinski definition) is 13. The van der Waals surface area contributed by atoms with Gasteiger partial charge in [-0.2, -0.15) is 0 Å². The van der Waals surface area contributed by atoms with Gasteiger partial charge in [-0.15, -0.1) is 0 Å². The lowest BCUT2D eigenvalue weighted by Gasteiger charge is -2.42. The number of ether oxygens (including phenoxy) is 3. The molecule has 1 aliphatic rings. The Bertz CT molecular complexity index is 1000. The highest BCUT2D eigenvalue weighted by Gasteiger charge is 2.46. The lowest BCUT2D eigenvalue weighted by molar-refractivity contribution is -0.272. The van der Waals surface area contributed by atoms with Crippen molar-refractivity contribution in [3.8, 4) is 0 Å². The highest BCUT2D eigenvalue weighted by molar-refractivity contribution is 5.74. The third-order valence-electron chi connectivity index (χ3n) is 8.28. The SMILES string of the molecule is NCCCNCCCCNCCCNC(=O)N[C@H]1[C@@H](OCc2ccccc2)O[C@H](COC(=O)NCCCNCCCCNCCCN)[C@@H](O)[C@@H]1O. The van der Waals surface area contributed by atoms with Crippen LogP contribution in [-0.4, -0.2) is 138 Å². The molecule has 0 aromatic heterocycles. The number of nitrogens with two attached hydrogens (primary N) is 2. The Morgan fingerprint density at radius 1 is 0.667 bits per heavy atom. The van der Waals surface area contributed by atoms with Crippen LogP contribution < -0.4 is 48.7 Å². The van der Waals surface area contributed by atoms with Crippen LogP contribution in [0.4, 0.5) is 9.59 Å². The first-order valence-corrected chi connectivity index (χ1v) is 18.8. The molecule has 3 amide bonds. The van der Waals surface area contributed by atoms with E-state index in [1.54, 1.807) is 0 Å². The quantitative estimate of drug-likeness (QED) is 0.0447. The number of hydrogen-bond donors (Lipinski definition) is 11. The summed E-state index contributed by atoms with van der Waals surface area (Å²) < 4.78 is 17.3. The zero-order valence-electron chi connectivity index (χ0n) is 30.4. The molecule has 1 aliphatic heterocycles. The number of aliphatic hydroxyl groups is 2. The van der Waals surface area contributed by atoms with Crippen LogP contribution in [0, 0.1) is 0 Å². The molecule has 0 aliphatic carbocycles. The molecule has 0 radical (unpaired) electrons. The van der Waals surface area contributed by atoms with Crippen LogP contribution in [-0.2, 0) is 20.8 Å². The number of unbranched alkanes of at least 4 members (excludes halogenated alkanes) is 2. The Labute approximate surface area is 304 Å². The number of urea groups is 1. The van der Waals surface area contributed by atoms with E-state index in [9.17, 15) is 19.8 Å². The molecule has 16 nitrogen and oxygen atoms in total. The Hall–Kier alpha value is -2.64. The van der Waals surface area contributed by atoms with Gasteiger partial charge in [-0.05, 0) is 122 Å². The zero-order chi connectivity index (χ0) is 36.8. The summed E-state index contributed by atoms with van der Waals surface area (Å²) >= 11 is 0. The third kappa shape index (κ3) is 21.5. The summed E-state index contributed by atoms with van der Waals surface area (Å²) in [6.45, 7) is 9.21. The molecule has 0 spiro atoms. The third-order valence-corrected chi connectivity index (χ3v) is 8.28. The van der Waals surface area contributed by atoms with E-state index in [0.717, 1.165) is 103 Å². The van der Waals surface area contributed by atoms with Crippen LogP contribution in [0.2, 0.25) is 0 Å². The molecule has 5 atom stereocenters. The molecule has 1 aromatic rings. The van der Waals surface area contributed by atoms with E-state index in [4.69, 9.17) is 25.7 Å². The Morgan fingerprint density at radius 2 is 1.18 bits per heavy atom. The molecule has 1 heterocycles. The van der Waals surface area contributed by atoms with Crippen molar-refractivity contribution < 1.29 is 34.0 Å². The first-order chi connectivity index (χ1) is 25.0. The van der Waals surface area contributed by atoms with Gasteiger partial charge in [0.15, 0.2) is 6.29 Å². The molecule has 0 bridgehead atoms. The van der Waals surface area contributed by atoms with Gasteiger partial charge in [0, 0.05) is 13.1 Å². The summed E-state index contributed by atoms with van der Waals surface area (Å²) in [5.74, 6) is 0. The molecule has 16 heteroatoms. The second kappa shape index (κ2) is 29.9. The predicted molar refractivity (Wildman–Crippen MR) is 198 cm³/mol. The van der Waals surface area contributed by atoms with Gasteiger partial charge in [0.05, 0.1) is 6.61 Å². The Morgan fingerprint density at radius 3 is 1.73 bits per heavy atom. The number of amides is 3. The van der Waals surface area contributed by atoms with Crippen molar-refractivity contribution in [2.75, 3.05) is 85.1 Å². The molecule has 1 fully saturated rings. The Balaban J connectivity index is 1.70. The standard InChI is InChI=1S/C35H67N9O7/c36-14-8-20-38-16-4-6-18-40-22-10-24-42-34(47)44-30-32(46)31(45)29(51-33(30)49-26-28-12-2-1-3-13-28)27-50-35(48)43-25-11-23-41-19-7-5-17-39-21-9-15-37/h1-3,12-13,29-33,38-41,45-46H,4-11,14-27,36-37H2,(H,43,48)(H2,42,44,47)/t29-,30-,31-,32-,33+/m1/s1. The minimum absolute atomic E-state index is 0.136. The average Bonchev–Trinajstić information content (AvgIpc) is 3.14. The second-order valence-electron chi connectivity index (χ2n) is 12.7. The molecule has 2 rings (SSSR count). The van der Waals surface area contributed by atoms with Crippen molar-refractivity contribution in [2.24, 2.45) is 11.5 Å². The van der Waals surface area contributed by atoms with Crippen LogP contribution in [0.1, 0.15) is 56.9 Å². The minimum atomic E-state index is -1.44. The largest absolute Gasteiger partial charge is 0.447 e. The van der Waals surface area contributed by atoms with Crippen molar-refractivity contribution in [1.82, 2.24) is 37.2 Å². The summed E-state index contributed by atoms with van der Waals surface area (Å²) in [7, 11) is 0. The van der Waals surface area contributed by atoms with Gasteiger partial charge < -0.3 is 73.1 Å². The fraction of sp³-hybridized carbons (Fsp3) is 0.771. The van der Waals surface area contributed by atoms with E-state index in [-0.39, 0.29) is 13.2 Å². The van der Waals surface area contributed by atoms with Crippen LogP contribution >= 0.6 is 0 Å². The summed E-state index contributed by atoms with van der Waals surface area (Å²) in [4.78, 5) is 25.1. The number of benzene rings is 1. The fourth-order valence-electron chi connectivity index (χ4n) is 5.30. The van der Waals surface area contributed by atoms with Crippen LogP contribution in [0.3, 0.4) is 0 Å². The number of carbonyl (C=O) groups is 2. The number of aliphatic hydroxyl groups excluding tert-OH is 2. The molecular formula is C35H67N9O7. The number of rotatable bonds is 30. The average molecular weight is 726 g/mol. The summed E-state index contributed by atoms with van der Waals surface area (Å²) in [5, 5.41) is 43.5. The maximum atomic E-state index is 12.8. The van der Waals surface area contributed by atoms with E-state index in [1.165, 1.54) is 0 Å². The molecular weight excluding hydrogens is 658 g/mol. The maximum Gasteiger partial charge on any atom is 0.407 e. The van der Waals surface area contributed by atoms with Gasteiger partial charge in [0.25, 0.3) is 0 Å². The lowest BCUT2D eigenvalue weighted by atomic mass is 9.97. The molecule has 1 saturated heterocycles. The maximum absolute atomic E-state index is 12.8. The van der Waals surface area contributed by atoms with E-state index in [2.05, 4.69) is 37.2 Å². The Kier molecular flexibility index (Phi) is 26.1. The molecule has 51 heavy (non-hydrogen) atoms. The van der Waals surface area contributed by atoms with Crippen molar-refractivity contribution in [3.05, 3.63) is 35.9 Å². The number of nitrogens with one attached hydrogen (secondary N) is 7. The summed E-state index contributed by atoms with van der Waals surface area (Å²) in [6.07, 6.45) is 1.95. The normalized spacial score (nSPS) is 20.2. The van der Waals surface area contributed by atoms with Crippen molar-refractivity contribution >= 4 is 12.1 Å². The monoisotopic (exact) mass is 726 g/mol. The summed E-state index contributed by atoms with van der Waals surface area (Å²) in [6, 6.07) is 7.78. The predicted octanol–water partition coefficient (Wildman–Crippen LogP) is -0.559. The van der Waals surface area contributed by atoms with Gasteiger partial charge in [-0.25, -0.2) is 9.59 Å². The second-order valence-corrected chi connectivity index (χ2v) is 12.7. The van der Waals surface area contributed by atoms with E-state index in [1.807, 2.05) is 30.3 Å². The van der Waals surface area contributed by atoms with Crippen LogP contribution in [0.5, 0.6) is 0 Å². The molecule has 13 N–H and O–H groups in total. The van der Waals surface area contributed by atoms with Crippen molar-refractivity contribution in [1.29, 1.82) is 0 Å². The van der Waals surface area contributed by atoms with Gasteiger partial charge in [0.1, 0.15) is 31.0 Å². The minimum Gasteiger partial charge on any atom is -0.447 e. The summed E-state index contributed by atoms with van der Waals surface area (Å²) in [5.41, 5.74) is 11.8. The van der Waals surface area contributed by atoms with Gasteiger partial charge >= 0.3 is 12.1 Å². The van der Waals surface area contributed by atoms with Crippen LogP contribution in [0.25, 0.3) is 0 Å².